The van der Waals surface area contributed by atoms with Gasteiger partial charge in [0, 0.05) is 6.26 Å². The molecule has 1 saturated carbocycles. The number of hydrogen-bond acceptors (Lipinski definition) is 5. The number of halogens is 1. The van der Waals surface area contributed by atoms with E-state index in [1.807, 2.05) is 12.1 Å². The van der Waals surface area contributed by atoms with Crippen LogP contribution in [0.25, 0.3) is 0 Å². The molecule has 5 nitrogen and oxygen atoms in total. The van der Waals surface area contributed by atoms with Crippen LogP contribution in [-0.2, 0) is 9.84 Å². The summed E-state index contributed by atoms with van der Waals surface area (Å²) < 4.78 is 29.6. The van der Waals surface area contributed by atoms with Crippen molar-refractivity contribution < 1.29 is 12.8 Å². The lowest BCUT2D eigenvalue weighted by atomic mass is 9.83. The predicted molar refractivity (Wildman–Crippen MR) is 77.1 cm³/mol. The summed E-state index contributed by atoms with van der Waals surface area (Å²) >= 11 is 3.27. The molecule has 1 aliphatic rings. The van der Waals surface area contributed by atoms with Crippen LogP contribution in [0.5, 0.6) is 0 Å². The monoisotopic (exact) mass is 350 g/mol. The Hall–Kier alpha value is -0.370. The molecule has 108 valence electrons. The third kappa shape index (κ3) is 3.59. The van der Waals surface area contributed by atoms with E-state index in [0.29, 0.717) is 11.1 Å². The van der Waals surface area contributed by atoms with Gasteiger partial charge in [-0.1, -0.05) is 6.42 Å². The van der Waals surface area contributed by atoms with Gasteiger partial charge in [0.25, 0.3) is 0 Å². The second-order valence-electron chi connectivity index (χ2n) is 5.16. The van der Waals surface area contributed by atoms with Crippen LogP contribution in [-0.4, -0.2) is 19.9 Å². The first-order chi connectivity index (χ1) is 8.91. The first-order valence-corrected chi connectivity index (χ1v) is 9.07. The fourth-order valence-corrected chi connectivity index (χ4v) is 4.33. The van der Waals surface area contributed by atoms with Gasteiger partial charge in [0.2, 0.25) is 0 Å². The number of furan rings is 1. The Labute approximate surface area is 121 Å². The van der Waals surface area contributed by atoms with Crippen LogP contribution in [0.4, 0.5) is 0 Å². The summed E-state index contributed by atoms with van der Waals surface area (Å²) in [5.41, 5.74) is 2.76. The molecule has 0 amide bonds. The van der Waals surface area contributed by atoms with Gasteiger partial charge in [0.15, 0.2) is 4.67 Å². The minimum atomic E-state index is -2.99. The molecule has 3 unspecified atom stereocenters. The first kappa shape index (κ1) is 15.0. The molecule has 1 fully saturated rings. The summed E-state index contributed by atoms with van der Waals surface area (Å²) in [5, 5.41) is -0.263. The minimum Gasteiger partial charge on any atom is -0.453 e. The number of hydrazine groups is 1. The number of rotatable bonds is 4. The van der Waals surface area contributed by atoms with Gasteiger partial charge in [-0.3, -0.25) is 5.84 Å². The summed E-state index contributed by atoms with van der Waals surface area (Å²) in [6.07, 6.45) is 4.55. The molecule has 3 atom stereocenters. The van der Waals surface area contributed by atoms with Crippen molar-refractivity contribution in [3.05, 3.63) is 22.6 Å². The molecule has 0 radical (unpaired) electrons. The highest BCUT2D eigenvalue weighted by molar-refractivity contribution is 9.10. The largest absolute Gasteiger partial charge is 0.453 e. The fraction of sp³-hybridized carbons (Fsp3) is 0.667. The molecule has 3 N–H and O–H groups in total. The van der Waals surface area contributed by atoms with Gasteiger partial charge in [-0.2, -0.15) is 0 Å². The summed E-state index contributed by atoms with van der Waals surface area (Å²) in [7, 11) is -2.99. The molecule has 1 aliphatic carbocycles. The van der Waals surface area contributed by atoms with Crippen LogP contribution in [0.15, 0.2) is 21.2 Å². The molecule has 19 heavy (non-hydrogen) atoms. The van der Waals surface area contributed by atoms with Crippen LogP contribution in [0, 0.1) is 5.92 Å². The summed E-state index contributed by atoms with van der Waals surface area (Å²) in [5.74, 6) is 6.55. The zero-order valence-electron chi connectivity index (χ0n) is 10.8. The van der Waals surface area contributed by atoms with Crippen molar-refractivity contribution in [1.82, 2.24) is 5.43 Å². The maximum absolute atomic E-state index is 11.7. The Morgan fingerprint density at radius 2 is 2.21 bits per heavy atom. The van der Waals surface area contributed by atoms with Crippen molar-refractivity contribution >= 4 is 25.8 Å². The minimum absolute atomic E-state index is 0.143. The Morgan fingerprint density at radius 3 is 2.74 bits per heavy atom. The van der Waals surface area contributed by atoms with Crippen LogP contribution < -0.4 is 11.3 Å². The van der Waals surface area contributed by atoms with Crippen LogP contribution in [0.2, 0.25) is 0 Å². The lowest BCUT2D eigenvalue weighted by Gasteiger charge is -2.32. The molecule has 7 heteroatoms. The highest BCUT2D eigenvalue weighted by atomic mass is 79.9. The summed E-state index contributed by atoms with van der Waals surface area (Å²) in [6.45, 7) is 0. The Kier molecular flexibility index (Phi) is 4.70. The van der Waals surface area contributed by atoms with Crippen molar-refractivity contribution in [2.45, 2.75) is 37.0 Å². The Bertz CT molecular complexity index is 529. The van der Waals surface area contributed by atoms with E-state index < -0.39 is 9.84 Å². The molecule has 1 heterocycles. The van der Waals surface area contributed by atoms with Gasteiger partial charge >= 0.3 is 0 Å². The van der Waals surface area contributed by atoms with Crippen molar-refractivity contribution in [3.8, 4) is 0 Å². The van der Waals surface area contributed by atoms with Gasteiger partial charge in [-0.05, 0) is 53.2 Å². The van der Waals surface area contributed by atoms with Crippen molar-refractivity contribution in [3.63, 3.8) is 0 Å². The third-order valence-electron chi connectivity index (χ3n) is 3.82. The van der Waals surface area contributed by atoms with Crippen LogP contribution >= 0.6 is 15.9 Å². The molecule has 0 aliphatic heterocycles. The maximum atomic E-state index is 11.7. The van der Waals surface area contributed by atoms with E-state index in [2.05, 4.69) is 21.4 Å². The van der Waals surface area contributed by atoms with E-state index in [0.717, 1.165) is 25.0 Å². The van der Waals surface area contributed by atoms with E-state index in [4.69, 9.17) is 10.3 Å². The lowest BCUT2D eigenvalue weighted by Crippen LogP contribution is -2.38. The number of sulfone groups is 1. The number of nitrogens with one attached hydrogen (secondary N) is 1. The number of hydrogen-bond donors (Lipinski definition) is 2. The average molecular weight is 351 g/mol. The molecule has 2 rings (SSSR count). The Balaban J connectivity index is 2.15. The van der Waals surface area contributed by atoms with Gasteiger partial charge in [-0.15, -0.1) is 0 Å². The normalized spacial score (nSPS) is 26.3. The van der Waals surface area contributed by atoms with E-state index in [9.17, 15) is 8.42 Å². The van der Waals surface area contributed by atoms with E-state index in [-0.39, 0.29) is 17.2 Å². The summed E-state index contributed by atoms with van der Waals surface area (Å²) in [4.78, 5) is 0. The molecule has 0 spiro atoms. The smallest absolute Gasteiger partial charge is 0.169 e. The summed E-state index contributed by atoms with van der Waals surface area (Å²) in [6, 6.07) is 3.53. The molecule has 0 bridgehead atoms. The topological polar surface area (TPSA) is 85.3 Å². The van der Waals surface area contributed by atoms with Crippen molar-refractivity contribution in [2.24, 2.45) is 11.8 Å². The van der Waals surface area contributed by atoms with E-state index >= 15 is 0 Å². The van der Waals surface area contributed by atoms with E-state index in [1.165, 1.54) is 6.26 Å². The molecular formula is C12H19BrN2O3S. The second-order valence-corrected chi connectivity index (χ2v) is 8.27. The van der Waals surface area contributed by atoms with Crippen LogP contribution in [0.3, 0.4) is 0 Å². The highest BCUT2D eigenvalue weighted by Gasteiger charge is 2.34. The molecular weight excluding hydrogens is 332 g/mol. The fourth-order valence-electron chi connectivity index (χ4n) is 2.82. The zero-order valence-corrected chi connectivity index (χ0v) is 13.2. The molecule has 1 aromatic heterocycles. The molecule has 1 aromatic rings. The third-order valence-corrected chi connectivity index (χ3v) is 5.89. The molecule has 0 saturated heterocycles. The second kappa shape index (κ2) is 5.95. The predicted octanol–water partition coefficient (Wildman–Crippen LogP) is 2.15. The van der Waals surface area contributed by atoms with Gasteiger partial charge in [0.1, 0.15) is 15.6 Å². The number of nitrogens with two attached hydrogens (primary N) is 1. The average Bonchev–Trinajstić information content (AvgIpc) is 2.76. The van der Waals surface area contributed by atoms with Crippen molar-refractivity contribution in [2.75, 3.05) is 6.26 Å². The zero-order chi connectivity index (χ0) is 14.0. The van der Waals surface area contributed by atoms with Gasteiger partial charge in [0.05, 0.1) is 11.3 Å². The quantitative estimate of drug-likeness (QED) is 0.641. The van der Waals surface area contributed by atoms with Crippen molar-refractivity contribution in [1.29, 1.82) is 0 Å². The lowest BCUT2D eigenvalue weighted by molar-refractivity contribution is 0.245. The maximum Gasteiger partial charge on any atom is 0.169 e. The van der Waals surface area contributed by atoms with Gasteiger partial charge < -0.3 is 4.42 Å². The SMILES string of the molecule is CS(=O)(=O)C1CCCC(C(NN)c2ccc(Br)o2)C1. The molecule has 0 aromatic carbocycles. The highest BCUT2D eigenvalue weighted by Crippen LogP contribution is 2.37. The van der Waals surface area contributed by atoms with Crippen LogP contribution in [0.1, 0.15) is 37.5 Å². The van der Waals surface area contributed by atoms with E-state index in [1.54, 1.807) is 0 Å². The standard InChI is InChI=1S/C12H19BrN2O3S/c1-19(16,17)9-4-2-3-8(7-9)12(15-14)10-5-6-11(13)18-10/h5-6,8-9,12,15H,2-4,7,14H2,1H3. The first-order valence-electron chi connectivity index (χ1n) is 6.32. The van der Waals surface area contributed by atoms with Gasteiger partial charge in [-0.25, -0.2) is 13.8 Å². The Morgan fingerprint density at radius 1 is 1.47 bits per heavy atom.